The predicted molar refractivity (Wildman–Crippen MR) is 113 cm³/mol. The van der Waals surface area contributed by atoms with Crippen molar-refractivity contribution < 1.29 is 9.53 Å². The third kappa shape index (κ3) is 5.21. The van der Waals surface area contributed by atoms with Gasteiger partial charge >= 0.3 is 5.97 Å². The molecule has 0 saturated heterocycles. The first-order valence-corrected chi connectivity index (χ1v) is 10.7. The van der Waals surface area contributed by atoms with Crippen molar-refractivity contribution in [1.82, 2.24) is 15.1 Å². The second kappa shape index (κ2) is 9.52. The molecular weight excluding hydrogens is 404 g/mol. The maximum Gasteiger partial charge on any atom is 0.341 e. The smallest absolute Gasteiger partial charge is 0.341 e. The van der Waals surface area contributed by atoms with E-state index in [0.29, 0.717) is 35.4 Å². The summed E-state index contributed by atoms with van der Waals surface area (Å²) in [6.45, 7) is 3.42. The lowest BCUT2D eigenvalue weighted by Gasteiger charge is -2.11. The van der Waals surface area contributed by atoms with E-state index in [2.05, 4.69) is 15.7 Å². The van der Waals surface area contributed by atoms with Gasteiger partial charge in [-0.25, -0.2) is 4.79 Å². The van der Waals surface area contributed by atoms with Crippen molar-refractivity contribution >= 4 is 51.2 Å². The molecular formula is C18H23ClN4O2S2. The number of anilines is 1. The van der Waals surface area contributed by atoms with Crippen LogP contribution in [-0.2, 0) is 24.1 Å². The van der Waals surface area contributed by atoms with Crippen LogP contribution in [0.25, 0.3) is 0 Å². The van der Waals surface area contributed by atoms with Crippen LogP contribution in [0.1, 0.15) is 47.0 Å². The first-order chi connectivity index (χ1) is 13.1. The van der Waals surface area contributed by atoms with Crippen molar-refractivity contribution in [2.24, 2.45) is 0 Å². The number of halogens is 1. The third-order valence-electron chi connectivity index (χ3n) is 4.36. The fourth-order valence-electron chi connectivity index (χ4n) is 3.14. The standard InChI is InChI=1S/C18H23ClN4O2S2/c1-2-25-17(24)15-13-6-4-3-5-7-14(13)27-16(15)22-18(26)20-8-9-23-11-12(19)10-21-23/h10-11H,2-9H2,1H3,(H2,20,22,26). The van der Waals surface area contributed by atoms with Crippen LogP contribution in [0.3, 0.4) is 0 Å². The zero-order chi connectivity index (χ0) is 19.2. The lowest BCUT2D eigenvalue weighted by atomic mass is 10.1. The van der Waals surface area contributed by atoms with Crippen LogP contribution in [-0.4, -0.2) is 34.0 Å². The fourth-order valence-corrected chi connectivity index (χ4v) is 4.85. The van der Waals surface area contributed by atoms with Crippen molar-refractivity contribution in [1.29, 1.82) is 0 Å². The molecule has 0 spiro atoms. The first-order valence-electron chi connectivity index (χ1n) is 9.13. The number of nitrogens with one attached hydrogen (secondary N) is 2. The lowest BCUT2D eigenvalue weighted by Crippen LogP contribution is -2.31. The highest BCUT2D eigenvalue weighted by atomic mass is 35.5. The molecule has 2 aromatic rings. The molecule has 2 aromatic heterocycles. The van der Waals surface area contributed by atoms with Gasteiger partial charge in [0.15, 0.2) is 5.11 Å². The summed E-state index contributed by atoms with van der Waals surface area (Å²) < 4.78 is 7.04. The number of hydrogen-bond donors (Lipinski definition) is 2. The number of ether oxygens (including phenoxy) is 1. The maximum absolute atomic E-state index is 12.6. The summed E-state index contributed by atoms with van der Waals surface area (Å²) in [5.41, 5.74) is 1.79. The number of aromatic nitrogens is 2. The SMILES string of the molecule is CCOC(=O)c1c(NC(=S)NCCn2cc(Cl)cn2)sc2c1CCCCC2. The van der Waals surface area contributed by atoms with E-state index in [1.165, 1.54) is 11.3 Å². The van der Waals surface area contributed by atoms with Gasteiger partial charge in [0.2, 0.25) is 0 Å². The highest BCUT2D eigenvalue weighted by Crippen LogP contribution is 2.38. The van der Waals surface area contributed by atoms with Crippen molar-refractivity contribution in [3.05, 3.63) is 33.4 Å². The fraction of sp³-hybridized carbons (Fsp3) is 0.500. The van der Waals surface area contributed by atoms with Crippen molar-refractivity contribution in [2.75, 3.05) is 18.5 Å². The maximum atomic E-state index is 12.6. The molecule has 27 heavy (non-hydrogen) atoms. The summed E-state index contributed by atoms with van der Waals surface area (Å²) >= 11 is 12.9. The number of hydrogen-bond acceptors (Lipinski definition) is 5. The van der Waals surface area contributed by atoms with Gasteiger partial charge in [0.1, 0.15) is 5.00 Å². The number of esters is 1. The van der Waals surface area contributed by atoms with Gasteiger partial charge in [0.05, 0.1) is 29.9 Å². The van der Waals surface area contributed by atoms with Gasteiger partial charge in [0, 0.05) is 17.6 Å². The molecule has 0 saturated carbocycles. The highest BCUT2D eigenvalue weighted by molar-refractivity contribution is 7.80. The summed E-state index contributed by atoms with van der Waals surface area (Å²) in [5, 5.41) is 12.3. The monoisotopic (exact) mass is 426 g/mol. The predicted octanol–water partition coefficient (Wildman–Crippen LogP) is 4.03. The van der Waals surface area contributed by atoms with E-state index in [4.69, 9.17) is 28.6 Å². The minimum Gasteiger partial charge on any atom is -0.462 e. The van der Waals surface area contributed by atoms with Gasteiger partial charge in [-0.15, -0.1) is 11.3 Å². The number of carbonyl (C=O) groups is 1. The Balaban J connectivity index is 1.67. The molecule has 0 aliphatic heterocycles. The van der Waals surface area contributed by atoms with Crippen LogP contribution in [0.15, 0.2) is 12.4 Å². The number of aryl methyl sites for hydroxylation is 1. The summed E-state index contributed by atoms with van der Waals surface area (Å²) in [5.74, 6) is -0.270. The Bertz CT molecular complexity index is 818. The van der Waals surface area contributed by atoms with Crippen LogP contribution < -0.4 is 10.6 Å². The van der Waals surface area contributed by atoms with E-state index >= 15 is 0 Å². The summed E-state index contributed by atoms with van der Waals surface area (Å²) in [6.07, 6.45) is 8.74. The lowest BCUT2D eigenvalue weighted by molar-refractivity contribution is 0.0527. The zero-order valence-corrected chi connectivity index (χ0v) is 17.6. The second-order valence-electron chi connectivity index (χ2n) is 6.29. The number of carbonyl (C=O) groups excluding carboxylic acids is 1. The largest absolute Gasteiger partial charge is 0.462 e. The summed E-state index contributed by atoms with van der Waals surface area (Å²) in [7, 11) is 0. The topological polar surface area (TPSA) is 68.2 Å². The van der Waals surface area contributed by atoms with Crippen molar-refractivity contribution in [3.63, 3.8) is 0 Å². The first kappa shape index (κ1) is 20.1. The molecule has 0 atom stereocenters. The third-order valence-corrected chi connectivity index (χ3v) is 6.00. The van der Waals surface area contributed by atoms with E-state index in [1.807, 2.05) is 6.92 Å². The molecule has 3 rings (SSSR count). The highest BCUT2D eigenvalue weighted by Gasteiger charge is 2.26. The molecule has 146 valence electrons. The van der Waals surface area contributed by atoms with Crippen molar-refractivity contribution in [3.8, 4) is 0 Å². The number of rotatable bonds is 6. The molecule has 2 N–H and O–H groups in total. The number of thiophene rings is 1. The minimum atomic E-state index is -0.270. The molecule has 0 aromatic carbocycles. The number of nitrogens with zero attached hydrogens (tertiary/aromatic N) is 2. The molecule has 0 bridgehead atoms. The molecule has 0 fully saturated rings. The summed E-state index contributed by atoms with van der Waals surface area (Å²) in [4.78, 5) is 13.8. The van der Waals surface area contributed by atoms with E-state index in [0.717, 1.165) is 36.2 Å². The molecule has 0 unspecified atom stereocenters. The molecule has 1 aliphatic carbocycles. The number of fused-ring (bicyclic) bond motifs is 1. The molecule has 9 heteroatoms. The van der Waals surface area contributed by atoms with Crippen LogP contribution in [0.5, 0.6) is 0 Å². The second-order valence-corrected chi connectivity index (χ2v) is 8.24. The van der Waals surface area contributed by atoms with E-state index in [1.54, 1.807) is 28.4 Å². The van der Waals surface area contributed by atoms with Gasteiger partial charge in [-0.3, -0.25) is 4.68 Å². The van der Waals surface area contributed by atoms with Gasteiger partial charge < -0.3 is 15.4 Å². The van der Waals surface area contributed by atoms with Crippen LogP contribution in [0.4, 0.5) is 5.00 Å². The minimum absolute atomic E-state index is 0.270. The Labute approximate surface area is 173 Å². The zero-order valence-electron chi connectivity index (χ0n) is 15.2. The Morgan fingerprint density at radius 1 is 1.41 bits per heavy atom. The normalized spacial score (nSPS) is 13.6. The quantitative estimate of drug-likeness (QED) is 0.413. The number of thiocarbonyl (C=S) groups is 1. The molecule has 0 radical (unpaired) electrons. The van der Waals surface area contributed by atoms with Crippen molar-refractivity contribution in [2.45, 2.75) is 45.6 Å². The molecule has 1 aliphatic rings. The Morgan fingerprint density at radius 3 is 2.96 bits per heavy atom. The molecule has 0 amide bonds. The van der Waals surface area contributed by atoms with Gasteiger partial charge in [-0.1, -0.05) is 18.0 Å². The Kier molecular flexibility index (Phi) is 7.09. The Hall–Kier alpha value is -1.64. The van der Waals surface area contributed by atoms with E-state index < -0.39 is 0 Å². The molecule has 6 nitrogen and oxygen atoms in total. The summed E-state index contributed by atoms with van der Waals surface area (Å²) in [6, 6.07) is 0. The average molecular weight is 427 g/mol. The van der Waals surface area contributed by atoms with Gasteiger partial charge in [0.25, 0.3) is 0 Å². The Morgan fingerprint density at radius 2 is 2.22 bits per heavy atom. The van der Waals surface area contributed by atoms with Crippen LogP contribution >= 0.6 is 35.2 Å². The van der Waals surface area contributed by atoms with Crippen LogP contribution in [0, 0.1) is 0 Å². The van der Waals surface area contributed by atoms with Gasteiger partial charge in [-0.2, -0.15) is 5.10 Å². The molecule has 2 heterocycles. The van der Waals surface area contributed by atoms with Crippen LogP contribution in [0.2, 0.25) is 5.02 Å². The van der Waals surface area contributed by atoms with E-state index in [-0.39, 0.29) is 5.97 Å². The average Bonchev–Trinajstić information content (AvgIpc) is 3.10. The van der Waals surface area contributed by atoms with E-state index in [9.17, 15) is 4.79 Å². The van der Waals surface area contributed by atoms with Gasteiger partial charge in [-0.05, 0) is 50.4 Å².